The number of hydrogen-bond donors (Lipinski definition) is 3. The molecule has 0 aromatic rings. The van der Waals surface area contributed by atoms with E-state index >= 15 is 0 Å². The molecule has 3 N–H and O–H groups in total. The summed E-state index contributed by atoms with van der Waals surface area (Å²) in [5, 5.41) is 14.2. The number of nitrogens with one attached hydrogen (secondary N) is 2. The highest BCUT2D eigenvalue weighted by molar-refractivity contribution is 5.83. The van der Waals surface area contributed by atoms with E-state index in [9.17, 15) is 14.4 Å². The first kappa shape index (κ1) is 14.4. The monoisotopic (exact) mass is 257 g/mol. The molecule has 1 heterocycles. The molecular formula is C11H19N3O4. The molecule has 1 rings (SSSR count). The number of carboxylic acid groups (broad SMARTS) is 1. The smallest absolute Gasteiger partial charge is 0.322 e. The van der Waals surface area contributed by atoms with Crippen LogP contribution in [0, 0.1) is 0 Å². The highest BCUT2D eigenvalue weighted by atomic mass is 16.4. The first-order chi connectivity index (χ1) is 8.40. The summed E-state index contributed by atoms with van der Waals surface area (Å²) in [7, 11) is 0. The normalized spacial score (nSPS) is 20.6. The number of hydrogen-bond acceptors (Lipinski definition) is 4. The van der Waals surface area contributed by atoms with Gasteiger partial charge in [0.05, 0.1) is 6.54 Å². The molecule has 102 valence electrons. The van der Waals surface area contributed by atoms with Crippen molar-refractivity contribution in [3.8, 4) is 0 Å². The van der Waals surface area contributed by atoms with Crippen molar-refractivity contribution in [3.63, 3.8) is 0 Å². The third-order valence-corrected chi connectivity index (χ3v) is 2.64. The molecular weight excluding hydrogens is 238 g/mol. The van der Waals surface area contributed by atoms with Crippen LogP contribution in [0.25, 0.3) is 0 Å². The lowest BCUT2D eigenvalue weighted by Gasteiger charge is -2.32. The van der Waals surface area contributed by atoms with Crippen LogP contribution in [0.2, 0.25) is 0 Å². The van der Waals surface area contributed by atoms with E-state index in [0.29, 0.717) is 0 Å². The van der Waals surface area contributed by atoms with E-state index < -0.39 is 12.0 Å². The van der Waals surface area contributed by atoms with Crippen molar-refractivity contribution < 1.29 is 19.5 Å². The molecule has 0 saturated carbocycles. The van der Waals surface area contributed by atoms with Crippen LogP contribution in [-0.4, -0.2) is 59.5 Å². The Morgan fingerprint density at radius 2 is 2.22 bits per heavy atom. The molecule has 0 radical (unpaired) electrons. The van der Waals surface area contributed by atoms with E-state index in [-0.39, 0.29) is 43.9 Å². The second-order valence-electron chi connectivity index (χ2n) is 4.60. The van der Waals surface area contributed by atoms with Crippen LogP contribution in [-0.2, 0) is 14.4 Å². The molecule has 7 heteroatoms. The zero-order chi connectivity index (χ0) is 13.7. The van der Waals surface area contributed by atoms with E-state index in [2.05, 4.69) is 10.6 Å². The average molecular weight is 257 g/mol. The Labute approximate surface area is 106 Å². The highest BCUT2D eigenvalue weighted by Gasteiger charge is 2.31. The van der Waals surface area contributed by atoms with Crippen LogP contribution in [0.5, 0.6) is 0 Å². The third kappa shape index (κ3) is 4.33. The maximum atomic E-state index is 11.5. The number of carboxylic acids is 1. The molecule has 7 nitrogen and oxygen atoms in total. The van der Waals surface area contributed by atoms with Crippen molar-refractivity contribution in [1.82, 2.24) is 15.5 Å². The van der Waals surface area contributed by atoms with E-state index in [0.717, 1.165) is 0 Å². The van der Waals surface area contributed by atoms with E-state index in [1.54, 1.807) is 0 Å². The average Bonchev–Trinajstić information content (AvgIpc) is 2.25. The number of carbonyl (C=O) groups is 3. The summed E-state index contributed by atoms with van der Waals surface area (Å²) in [6.45, 7) is 4.08. The molecule has 0 spiro atoms. The van der Waals surface area contributed by atoms with E-state index in [4.69, 9.17) is 5.11 Å². The van der Waals surface area contributed by atoms with Gasteiger partial charge in [0.25, 0.3) is 0 Å². The number of carbonyl (C=O) groups excluding carboxylic acids is 2. The van der Waals surface area contributed by atoms with Gasteiger partial charge in [-0.2, -0.15) is 0 Å². The lowest BCUT2D eigenvalue weighted by Crippen LogP contribution is -2.57. The minimum Gasteiger partial charge on any atom is -0.480 e. The minimum atomic E-state index is -0.987. The fourth-order valence-electron chi connectivity index (χ4n) is 1.81. The van der Waals surface area contributed by atoms with Gasteiger partial charge in [-0.15, -0.1) is 0 Å². The zero-order valence-corrected chi connectivity index (χ0v) is 10.6. The fraction of sp³-hybridized carbons (Fsp3) is 0.727. The number of piperazine rings is 1. The van der Waals surface area contributed by atoms with Crippen LogP contribution < -0.4 is 10.6 Å². The second-order valence-corrected chi connectivity index (χ2v) is 4.60. The summed E-state index contributed by atoms with van der Waals surface area (Å²) in [5.41, 5.74) is 0. The Morgan fingerprint density at radius 3 is 2.78 bits per heavy atom. The van der Waals surface area contributed by atoms with Crippen molar-refractivity contribution in [3.05, 3.63) is 0 Å². The predicted octanol–water partition coefficient (Wildman–Crippen LogP) is -1.21. The van der Waals surface area contributed by atoms with Gasteiger partial charge in [-0.1, -0.05) is 0 Å². The number of nitrogens with zero attached hydrogens (tertiary/aromatic N) is 1. The molecule has 0 aliphatic carbocycles. The molecule has 1 saturated heterocycles. The van der Waals surface area contributed by atoms with Crippen LogP contribution in [0.4, 0.5) is 0 Å². The van der Waals surface area contributed by atoms with Crippen molar-refractivity contribution >= 4 is 17.8 Å². The van der Waals surface area contributed by atoms with Gasteiger partial charge in [0.1, 0.15) is 6.04 Å². The summed E-state index contributed by atoms with van der Waals surface area (Å²) in [4.78, 5) is 35.2. The largest absolute Gasteiger partial charge is 0.480 e. The summed E-state index contributed by atoms with van der Waals surface area (Å²) in [6.07, 6.45) is 0.190. The zero-order valence-electron chi connectivity index (χ0n) is 10.6. The minimum absolute atomic E-state index is 0.0198. The first-order valence-electron chi connectivity index (χ1n) is 5.93. The standard InChI is InChI=1S/C11H19N3O4/c1-7(2)13-9(15)3-4-14-6-10(16)12-5-8(14)11(17)18/h7-8H,3-6H2,1-2H3,(H,12,16)(H,13,15)(H,17,18). The van der Waals surface area contributed by atoms with Crippen molar-refractivity contribution in [2.24, 2.45) is 0 Å². The van der Waals surface area contributed by atoms with Gasteiger partial charge in [0.2, 0.25) is 11.8 Å². The van der Waals surface area contributed by atoms with Gasteiger partial charge < -0.3 is 15.7 Å². The Bertz CT molecular complexity index is 343. The number of aliphatic carboxylic acids is 1. The van der Waals surface area contributed by atoms with E-state index in [1.165, 1.54) is 4.90 Å². The number of rotatable bonds is 5. The van der Waals surface area contributed by atoms with Gasteiger partial charge in [0.15, 0.2) is 0 Å². The second kappa shape index (κ2) is 6.34. The molecule has 1 atom stereocenters. The summed E-state index contributed by atoms with van der Waals surface area (Å²) in [6, 6.07) is -0.702. The van der Waals surface area contributed by atoms with Crippen LogP contribution in [0.3, 0.4) is 0 Å². The van der Waals surface area contributed by atoms with Gasteiger partial charge in [-0.05, 0) is 13.8 Å². The molecule has 2 amide bonds. The Morgan fingerprint density at radius 1 is 1.56 bits per heavy atom. The van der Waals surface area contributed by atoms with Gasteiger partial charge in [-0.25, -0.2) is 0 Å². The van der Waals surface area contributed by atoms with Crippen molar-refractivity contribution in [2.75, 3.05) is 19.6 Å². The maximum absolute atomic E-state index is 11.5. The molecule has 0 aromatic carbocycles. The highest BCUT2D eigenvalue weighted by Crippen LogP contribution is 2.05. The number of amides is 2. The predicted molar refractivity (Wildman–Crippen MR) is 63.9 cm³/mol. The Balaban J connectivity index is 2.48. The third-order valence-electron chi connectivity index (χ3n) is 2.64. The van der Waals surface area contributed by atoms with Gasteiger partial charge in [-0.3, -0.25) is 19.3 Å². The topological polar surface area (TPSA) is 98.7 Å². The summed E-state index contributed by atoms with van der Waals surface area (Å²) >= 11 is 0. The van der Waals surface area contributed by atoms with Gasteiger partial charge >= 0.3 is 5.97 Å². The lowest BCUT2D eigenvalue weighted by molar-refractivity contribution is -0.146. The summed E-state index contributed by atoms with van der Waals surface area (Å²) < 4.78 is 0. The fourth-order valence-corrected chi connectivity index (χ4v) is 1.81. The molecule has 1 fully saturated rings. The Hall–Kier alpha value is -1.63. The molecule has 18 heavy (non-hydrogen) atoms. The van der Waals surface area contributed by atoms with Crippen LogP contribution in [0.1, 0.15) is 20.3 Å². The lowest BCUT2D eigenvalue weighted by atomic mass is 10.1. The summed E-state index contributed by atoms with van der Waals surface area (Å²) in [5.74, 6) is -1.34. The van der Waals surface area contributed by atoms with Gasteiger partial charge in [0, 0.05) is 25.6 Å². The van der Waals surface area contributed by atoms with Crippen LogP contribution in [0.15, 0.2) is 0 Å². The van der Waals surface area contributed by atoms with Crippen molar-refractivity contribution in [1.29, 1.82) is 0 Å². The quantitative estimate of drug-likeness (QED) is 0.574. The van der Waals surface area contributed by atoms with Crippen molar-refractivity contribution in [2.45, 2.75) is 32.4 Å². The molecule has 1 aliphatic heterocycles. The van der Waals surface area contributed by atoms with Crippen LogP contribution >= 0.6 is 0 Å². The molecule has 0 bridgehead atoms. The SMILES string of the molecule is CC(C)NC(=O)CCN1CC(=O)NCC1C(=O)O. The molecule has 1 unspecified atom stereocenters. The first-order valence-corrected chi connectivity index (χ1v) is 5.93. The van der Waals surface area contributed by atoms with E-state index in [1.807, 2.05) is 13.8 Å². The molecule has 0 aromatic heterocycles. The maximum Gasteiger partial charge on any atom is 0.322 e. The molecule has 1 aliphatic rings. The Kier molecular flexibility index (Phi) is 5.08.